The monoisotopic (exact) mass is 210 g/mol. The normalized spacial score (nSPS) is 28.7. The molecule has 0 fully saturated rings. The van der Waals surface area contributed by atoms with Gasteiger partial charge in [-0.2, -0.15) is 0 Å². The van der Waals surface area contributed by atoms with Gasteiger partial charge in [0.15, 0.2) is 5.78 Å². The number of Topliss-reactive ketones (excluding diaryl/α,β-unsaturated/α-hetero) is 1. The van der Waals surface area contributed by atoms with Crippen LogP contribution in [0.4, 0.5) is 0 Å². The van der Waals surface area contributed by atoms with E-state index in [-0.39, 0.29) is 29.3 Å². The van der Waals surface area contributed by atoms with E-state index < -0.39 is 0 Å². The molecule has 15 heavy (non-hydrogen) atoms. The summed E-state index contributed by atoms with van der Waals surface area (Å²) in [5, 5.41) is 0. The van der Waals surface area contributed by atoms with Crippen molar-refractivity contribution in [3.8, 4) is 0 Å². The molecule has 1 aliphatic rings. The van der Waals surface area contributed by atoms with Crippen LogP contribution < -0.4 is 0 Å². The highest BCUT2D eigenvalue weighted by Crippen LogP contribution is 2.48. The van der Waals surface area contributed by atoms with Gasteiger partial charge in [-0.15, -0.1) is 0 Å². The van der Waals surface area contributed by atoms with E-state index in [4.69, 9.17) is 4.74 Å². The van der Waals surface area contributed by atoms with E-state index in [1.807, 2.05) is 20.8 Å². The summed E-state index contributed by atoms with van der Waals surface area (Å²) in [7, 11) is 0. The third-order valence-electron chi connectivity index (χ3n) is 3.65. The Morgan fingerprint density at radius 3 is 2.40 bits per heavy atom. The van der Waals surface area contributed by atoms with Crippen LogP contribution in [0.3, 0.4) is 0 Å². The third-order valence-corrected chi connectivity index (χ3v) is 3.65. The summed E-state index contributed by atoms with van der Waals surface area (Å²) in [6, 6.07) is 0. The number of carbonyl (C=O) groups excluding carboxylic acids is 1. The molecule has 1 atom stereocenters. The summed E-state index contributed by atoms with van der Waals surface area (Å²) in [5.74, 6) is 0.214. The number of rotatable bonds is 4. The molecule has 2 nitrogen and oxygen atoms in total. The first kappa shape index (κ1) is 12.4. The molecule has 0 aliphatic heterocycles. The van der Waals surface area contributed by atoms with Crippen molar-refractivity contribution in [3.05, 3.63) is 12.2 Å². The molecule has 0 N–H and O–H groups in total. The first-order valence-corrected chi connectivity index (χ1v) is 5.62. The van der Waals surface area contributed by atoms with Crippen LogP contribution in [0.1, 0.15) is 41.0 Å². The Balaban J connectivity index is 2.67. The fraction of sp³-hybridized carbons (Fsp3) is 0.769. The quantitative estimate of drug-likeness (QED) is 0.667. The van der Waals surface area contributed by atoms with E-state index in [1.54, 1.807) is 0 Å². The summed E-state index contributed by atoms with van der Waals surface area (Å²) in [6.45, 7) is 10.4. The lowest BCUT2D eigenvalue weighted by molar-refractivity contribution is -0.138. The summed E-state index contributed by atoms with van der Waals surface area (Å²) in [4.78, 5) is 12.1. The minimum absolute atomic E-state index is 0.0512. The maximum absolute atomic E-state index is 12.1. The Labute approximate surface area is 92.7 Å². The van der Waals surface area contributed by atoms with Gasteiger partial charge in [-0.3, -0.25) is 4.79 Å². The van der Waals surface area contributed by atoms with Crippen LogP contribution in [0, 0.1) is 10.8 Å². The van der Waals surface area contributed by atoms with Crippen LogP contribution in [0.15, 0.2) is 12.2 Å². The molecule has 0 aromatic heterocycles. The first-order valence-electron chi connectivity index (χ1n) is 5.62. The minimum atomic E-state index is -0.290. The Hall–Kier alpha value is -0.630. The highest BCUT2D eigenvalue weighted by molar-refractivity contribution is 5.87. The Morgan fingerprint density at radius 1 is 1.40 bits per heavy atom. The highest BCUT2D eigenvalue weighted by atomic mass is 16.5. The Bertz CT molecular complexity index is 276. The largest absolute Gasteiger partial charge is 0.371 e. The number of ketones is 1. The molecule has 0 amide bonds. The average molecular weight is 210 g/mol. The van der Waals surface area contributed by atoms with Gasteiger partial charge in [-0.25, -0.2) is 0 Å². The van der Waals surface area contributed by atoms with Crippen molar-refractivity contribution in [2.75, 3.05) is 6.61 Å². The molecule has 1 rings (SSSR count). The van der Waals surface area contributed by atoms with Crippen LogP contribution >= 0.6 is 0 Å². The van der Waals surface area contributed by atoms with Crippen LogP contribution in [0.25, 0.3) is 0 Å². The summed E-state index contributed by atoms with van der Waals surface area (Å²) in [6.07, 6.45) is 5.20. The van der Waals surface area contributed by atoms with Gasteiger partial charge < -0.3 is 4.74 Å². The number of hydrogen-bond donors (Lipinski definition) is 0. The van der Waals surface area contributed by atoms with Gasteiger partial charge in [-0.1, -0.05) is 32.9 Å². The van der Waals surface area contributed by atoms with Crippen molar-refractivity contribution < 1.29 is 9.53 Å². The zero-order valence-corrected chi connectivity index (χ0v) is 10.5. The molecular weight excluding hydrogens is 188 g/mol. The second kappa shape index (κ2) is 4.09. The van der Waals surface area contributed by atoms with Gasteiger partial charge >= 0.3 is 0 Å². The fourth-order valence-electron chi connectivity index (χ4n) is 1.91. The van der Waals surface area contributed by atoms with E-state index in [2.05, 4.69) is 26.0 Å². The number of carbonyl (C=O) groups is 1. The second-order valence-corrected chi connectivity index (χ2v) is 5.44. The summed E-state index contributed by atoms with van der Waals surface area (Å²) < 4.78 is 5.40. The van der Waals surface area contributed by atoms with Crippen LogP contribution in [0.5, 0.6) is 0 Å². The SMILES string of the molecule is CC(C)OCC(=O)C1(C)CC=CC1(C)C. The lowest BCUT2D eigenvalue weighted by Gasteiger charge is -2.36. The number of hydrogen-bond acceptors (Lipinski definition) is 2. The number of allylic oxidation sites excluding steroid dienone is 2. The predicted octanol–water partition coefficient (Wildman–Crippen LogP) is 2.97. The molecule has 86 valence electrons. The molecule has 0 aromatic carbocycles. The van der Waals surface area contributed by atoms with E-state index in [0.717, 1.165) is 6.42 Å². The molecule has 2 heteroatoms. The van der Waals surface area contributed by atoms with Crippen molar-refractivity contribution in [1.29, 1.82) is 0 Å². The van der Waals surface area contributed by atoms with Gasteiger partial charge in [-0.05, 0) is 25.7 Å². The van der Waals surface area contributed by atoms with E-state index in [9.17, 15) is 4.79 Å². The van der Waals surface area contributed by atoms with E-state index in [0.29, 0.717) is 0 Å². The maximum Gasteiger partial charge on any atom is 0.165 e. The smallest absolute Gasteiger partial charge is 0.165 e. The van der Waals surface area contributed by atoms with Crippen LogP contribution in [0.2, 0.25) is 0 Å². The van der Waals surface area contributed by atoms with Crippen LogP contribution in [-0.4, -0.2) is 18.5 Å². The molecular formula is C13H22O2. The van der Waals surface area contributed by atoms with Crippen molar-refractivity contribution in [2.45, 2.75) is 47.1 Å². The third kappa shape index (κ3) is 2.31. The molecule has 1 aliphatic carbocycles. The van der Waals surface area contributed by atoms with E-state index >= 15 is 0 Å². The predicted molar refractivity (Wildman–Crippen MR) is 61.7 cm³/mol. The lowest BCUT2D eigenvalue weighted by atomic mass is 9.66. The van der Waals surface area contributed by atoms with Gasteiger partial charge in [0.2, 0.25) is 0 Å². The second-order valence-electron chi connectivity index (χ2n) is 5.44. The zero-order valence-electron chi connectivity index (χ0n) is 10.5. The van der Waals surface area contributed by atoms with Crippen molar-refractivity contribution in [1.82, 2.24) is 0 Å². The topological polar surface area (TPSA) is 26.3 Å². The van der Waals surface area contributed by atoms with Crippen LogP contribution in [-0.2, 0) is 9.53 Å². The first-order chi connectivity index (χ1) is 6.79. The fourth-order valence-corrected chi connectivity index (χ4v) is 1.91. The van der Waals surface area contributed by atoms with Gasteiger partial charge in [0.05, 0.1) is 6.10 Å². The summed E-state index contributed by atoms with van der Waals surface area (Å²) in [5.41, 5.74) is -0.341. The van der Waals surface area contributed by atoms with Gasteiger partial charge in [0.25, 0.3) is 0 Å². The molecule has 0 spiro atoms. The maximum atomic E-state index is 12.1. The molecule has 0 aromatic rings. The summed E-state index contributed by atoms with van der Waals surface area (Å²) >= 11 is 0. The standard InChI is InChI=1S/C13H22O2/c1-10(2)15-9-11(14)13(5)8-6-7-12(13,3)4/h6-7,10H,8-9H2,1-5H3. The molecule has 0 saturated carbocycles. The van der Waals surface area contributed by atoms with Crippen molar-refractivity contribution in [2.24, 2.45) is 10.8 Å². The van der Waals surface area contributed by atoms with Crippen molar-refractivity contribution in [3.63, 3.8) is 0 Å². The van der Waals surface area contributed by atoms with Crippen molar-refractivity contribution >= 4 is 5.78 Å². The molecule has 0 radical (unpaired) electrons. The zero-order chi connectivity index (χ0) is 11.7. The Morgan fingerprint density at radius 2 is 2.00 bits per heavy atom. The Kier molecular flexibility index (Phi) is 3.39. The van der Waals surface area contributed by atoms with Gasteiger partial charge in [0, 0.05) is 5.41 Å². The highest BCUT2D eigenvalue weighted by Gasteiger charge is 2.47. The molecule has 0 bridgehead atoms. The molecule has 1 unspecified atom stereocenters. The molecule has 0 saturated heterocycles. The van der Waals surface area contributed by atoms with E-state index in [1.165, 1.54) is 0 Å². The number of ether oxygens (including phenoxy) is 1. The van der Waals surface area contributed by atoms with Gasteiger partial charge in [0.1, 0.15) is 6.61 Å². The lowest BCUT2D eigenvalue weighted by Crippen LogP contribution is -2.40. The molecule has 0 heterocycles. The minimum Gasteiger partial charge on any atom is -0.371 e. The average Bonchev–Trinajstić information content (AvgIpc) is 2.38.